The molecule has 0 aromatic rings. The fraction of sp³-hybridized carbons (Fsp3) is 0.875. The molecule has 66 valence electrons. The van der Waals surface area contributed by atoms with Crippen LogP contribution in [0.15, 0.2) is 0 Å². The van der Waals surface area contributed by atoms with Crippen molar-refractivity contribution in [2.75, 3.05) is 0 Å². The largest absolute Gasteiger partial charge is 0.481 e. The lowest BCUT2D eigenvalue weighted by atomic mass is 10.3. The van der Waals surface area contributed by atoms with E-state index in [0.717, 1.165) is 12.8 Å². The Morgan fingerprint density at radius 1 is 1.45 bits per heavy atom. The Morgan fingerprint density at radius 2 is 1.82 bits per heavy atom. The summed E-state index contributed by atoms with van der Waals surface area (Å²) in [7, 11) is 0. The Hall–Kier alpha value is -0.570. The Morgan fingerprint density at radius 3 is 1.91 bits per heavy atom. The van der Waals surface area contributed by atoms with Crippen LogP contribution >= 0.6 is 0 Å². The van der Waals surface area contributed by atoms with Crippen LogP contribution in [0.2, 0.25) is 0 Å². The van der Waals surface area contributed by atoms with Gasteiger partial charge in [-0.2, -0.15) is 0 Å². The average molecular weight is 160 g/mol. The van der Waals surface area contributed by atoms with Gasteiger partial charge in [0.25, 0.3) is 0 Å². The minimum absolute atomic E-state index is 0.0463. The molecular formula is C8H16O3. The summed E-state index contributed by atoms with van der Waals surface area (Å²) in [5.41, 5.74) is 0. The Balaban J connectivity index is 0.000000187. The van der Waals surface area contributed by atoms with Crippen LogP contribution < -0.4 is 0 Å². The fourth-order valence-electron chi connectivity index (χ4n) is 0.904. The molecule has 0 amide bonds. The monoisotopic (exact) mass is 160 g/mol. The zero-order chi connectivity index (χ0) is 8.69. The maximum absolute atomic E-state index is 9.37. The van der Waals surface area contributed by atoms with Crippen molar-refractivity contribution in [1.29, 1.82) is 0 Å². The highest BCUT2D eigenvalue weighted by Gasteiger charge is 2.09. The highest BCUT2D eigenvalue weighted by Crippen LogP contribution is 2.16. The Labute approximate surface area is 67.0 Å². The molecule has 1 saturated carbocycles. The predicted molar refractivity (Wildman–Crippen MR) is 42.4 cm³/mol. The molecule has 0 saturated heterocycles. The number of hydrogen-bond acceptors (Lipinski definition) is 2. The van der Waals surface area contributed by atoms with Crippen molar-refractivity contribution < 1.29 is 15.0 Å². The van der Waals surface area contributed by atoms with E-state index in [1.807, 2.05) is 0 Å². The molecule has 0 aliphatic heterocycles. The summed E-state index contributed by atoms with van der Waals surface area (Å²) in [5.74, 6) is -0.745. The van der Waals surface area contributed by atoms with Crippen LogP contribution in [0.4, 0.5) is 0 Å². The van der Waals surface area contributed by atoms with Gasteiger partial charge in [-0.05, 0) is 12.8 Å². The first-order valence-corrected chi connectivity index (χ1v) is 4.06. The van der Waals surface area contributed by atoms with Crippen LogP contribution in [0.3, 0.4) is 0 Å². The molecule has 1 aliphatic rings. The minimum atomic E-state index is -0.745. The predicted octanol–water partition coefficient (Wildman–Crippen LogP) is 1.40. The number of carboxylic acids is 1. The van der Waals surface area contributed by atoms with E-state index >= 15 is 0 Å². The lowest BCUT2D eigenvalue weighted by molar-refractivity contribution is -0.136. The molecule has 0 heterocycles. The summed E-state index contributed by atoms with van der Waals surface area (Å²) in [6.07, 6.45) is 4.83. The second kappa shape index (κ2) is 6.16. The van der Waals surface area contributed by atoms with Crippen molar-refractivity contribution in [2.24, 2.45) is 0 Å². The quantitative estimate of drug-likeness (QED) is 0.609. The van der Waals surface area contributed by atoms with Gasteiger partial charge in [0.1, 0.15) is 0 Å². The Kier molecular flexibility index (Phi) is 5.84. The summed E-state index contributed by atoms with van der Waals surface area (Å²) in [5, 5.41) is 16.5. The van der Waals surface area contributed by atoms with Crippen molar-refractivity contribution >= 4 is 5.97 Å². The molecule has 0 radical (unpaired) electrons. The molecule has 11 heavy (non-hydrogen) atoms. The maximum atomic E-state index is 9.37. The number of hydrogen-bond donors (Lipinski definition) is 2. The third kappa shape index (κ3) is 7.33. The second-order valence-electron chi connectivity index (χ2n) is 2.69. The van der Waals surface area contributed by atoms with E-state index in [1.54, 1.807) is 6.92 Å². The molecule has 1 fully saturated rings. The van der Waals surface area contributed by atoms with Crippen molar-refractivity contribution in [2.45, 2.75) is 45.1 Å². The van der Waals surface area contributed by atoms with E-state index < -0.39 is 5.97 Å². The first-order chi connectivity index (χ1) is 5.16. The van der Waals surface area contributed by atoms with Crippen LogP contribution in [-0.2, 0) is 4.79 Å². The van der Waals surface area contributed by atoms with Gasteiger partial charge in [-0.1, -0.05) is 19.8 Å². The van der Waals surface area contributed by atoms with Gasteiger partial charge in [-0.15, -0.1) is 0 Å². The molecule has 3 heteroatoms. The van der Waals surface area contributed by atoms with Crippen molar-refractivity contribution in [3.8, 4) is 0 Å². The number of aliphatic hydroxyl groups excluding tert-OH is 1. The number of carboxylic acid groups (broad SMARTS) is 1. The first kappa shape index (κ1) is 10.4. The second-order valence-corrected chi connectivity index (χ2v) is 2.69. The number of rotatable bonds is 1. The molecular weight excluding hydrogens is 144 g/mol. The van der Waals surface area contributed by atoms with Gasteiger partial charge < -0.3 is 10.2 Å². The molecule has 2 N–H and O–H groups in total. The SMILES string of the molecule is CCC(=O)O.OC1CCCC1. The molecule has 0 aromatic carbocycles. The van der Waals surface area contributed by atoms with Crippen LogP contribution in [0.25, 0.3) is 0 Å². The van der Waals surface area contributed by atoms with E-state index in [2.05, 4.69) is 0 Å². The average Bonchev–Trinajstić information content (AvgIpc) is 2.41. The van der Waals surface area contributed by atoms with Gasteiger partial charge in [-0.25, -0.2) is 0 Å². The summed E-state index contributed by atoms with van der Waals surface area (Å²) in [6, 6.07) is 0. The van der Waals surface area contributed by atoms with Crippen LogP contribution in [-0.4, -0.2) is 22.3 Å². The standard InChI is InChI=1S/C5H10O.C3H6O2/c6-5-3-1-2-4-5;1-2-3(4)5/h5-6H,1-4H2;2H2,1H3,(H,4,5). The molecule has 1 rings (SSSR count). The highest BCUT2D eigenvalue weighted by atomic mass is 16.4. The number of carbonyl (C=O) groups is 1. The normalized spacial score (nSPS) is 17.3. The van der Waals surface area contributed by atoms with Crippen molar-refractivity contribution in [3.63, 3.8) is 0 Å². The van der Waals surface area contributed by atoms with E-state index in [9.17, 15) is 4.79 Å². The van der Waals surface area contributed by atoms with Gasteiger partial charge in [0, 0.05) is 6.42 Å². The molecule has 0 spiro atoms. The van der Waals surface area contributed by atoms with Crippen LogP contribution in [0.1, 0.15) is 39.0 Å². The van der Waals surface area contributed by atoms with E-state index in [-0.39, 0.29) is 12.5 Å². The van der Waals surface area contributed by atoms with E-state index in [4.69, 9.17) is 10.2 Å². The lowest BCUT2D eigenvalue weighted by Crippen LogP contribution is -1.94. The Bertz CT molecular complexity index is 106. The van der Waals surface area contributed by atoms with Gasteiger partial charge in [0.15, 0.2) is 0 Å². The van der Waals surface area contributed by atoms with Gasteiger partial charge in [-0.3, -0.25) is 4.79 Å². The molecule has 0 unspecified atom stereocenters. The molecule has 1 aliphatic carbocycles. The highest BCUT2D eigenvalue weighted by molar-refractivity contribution is 5.66. The maximum Gasteiger partial charge on any atom is 0.303 e. The third-order valence-electron chi connectivity index (χ3n) is 1.63. The van der Waals surface area contributed by atoms with Crippen LogP contribution in [0.5, 0.6) is 0 Å². The number of aliphatic carboxylic acids is 1. The van der Waals surface area contributed by atoms with Gasteiger partial charge in [0.2, 0.25) is 0 Å². The summed E-state index contributed by atoms with van der Waals surface area (Å²) in [6.45, 7) is 1.60. The van der Waals surface area contributed by atoms with Gasteiger partial charge in [0.05, 0.1) is 6.10 Å². The zero-order valence-electron chi connectivity index (χ0n) is 6.92. The van der Waals surface area contributed by atoms with E-state index in [0.29, 0.717) is 0 Å². The fourth-order valence-corrected chi connectivity index (χ4v) is 0.904. The molecule has 0 atom stereocenters. The molecule has 0 aromatic heterocycles. The molecule has 0 bridgehead atoms. The smallest absolute Gasteiger partial charge is 0.303 e. The summed E-state index contributed by atoms with van der Waals surface area (Å²) in [4.78, 5) is 9.37. The van der Waals surface area contributed by atoms with Crippen molar-refractivity contribution in [3.05, 3.63) is 0 Å². The minimum Gasteiger partial charge on any atom is -0.481 e. The number of aliphatic hydroxyl groups is 1. The zero-order valence-corrected chi connectivity index (χ0v) is 6.92. The van der Waals surface area contributed by atoms with Gasteiger partial charge >= 0.3 is 5.97 Å². The van der Waals surface area contributed by atoms with E-state index in [1.165, 1.54) is 12.8 Å². The summed E-state index contributed by atoms with van der Waals surface area (Å²) >= 11 is 0. The first-order valence-electron chi connectivity index (χ1n) is 4.06. The topological polar surface area (TPSA) is 57.5 Å². The summed E-state index contributed by atoms with van der Waals surface area (Å²) < 4.78 is 0. The molecule has 3 nitrogen and oxygen atoms in total. The lowest BCUT2D eigenvalue weighted by Gasteiger charge is -1.91. The third-order valence-corrected chi connectivity index (χ3v) is 1.63. The van der Waals surface area contributed by atoms with Crippen LogP contribution in [0, 0.1) is 0 Å². The van der Waals surface area contributed by atoms with Crippen molar-refractivity contribution in [1.82, 2.24) is 0 Å².